The summed E-state index contributed by atoms with van der Waals surface area (Å²) < 4.78 is 0. The maximum Gasteiger partial charge on any atom is -0.0159 e. The van der Waals surface area contributed by atoms with Crippen molar-refractivity contribution in [1.82, 2.24) is 0 Å². The number of benzene rings is 1. The lowest BCUT2D eigenvalue weighted by Crippen LogP contribution is -1.97. The van der Waals surface area contributed by atoms with E-state index in [1.165, 1.54) is 18.4 Å². The largest absolute Gasteiger partial charge is 0.0656 e. The molecule has 0 saturated heterocycles. The van der Waals surface area contributed by atoms with Crippen LogP contribution >= 0.6 is 0 Å². The molecule has 0 spiro atoms. The smallest absolute Gasteiger partial charge is 0.0159 e. The number of fused-ring (bicyclic) bond motifs is 1. The molecule has 84 valence electrons. The van der Waals surface area contributed by atoms with Gasteiger partial charge in [0.15, 0.2) is 0 Å². The molecule has 2 atom stereocenters. The Bertz CT molecular complexity index is 312. The third-order valence-electron chi connectivity index (χ3n) is 3.19. The second-order valence-electron chi connectivity index (χ2n) is 4.88. The maximum absolute atomic E-state index is 2.35. The summed E-state index contributed by atoms with van der Waals surface area (Å²) in [6.45, 7) is 11.1. The Kier molecular flexibility index (Phi) is 4.38. The van der Waals surface area contributed by atoms with Gasteiger partial charge in [-0.25, -0.2) is 0 Å². The van der Waals surface area contributed by atoms with Crippen LogP contribution in [0.1, 0.15) is 56.7 Å². The Hall–Kier alpha value is -0.780. The fourth-order valence-corrected chi connectivity index (χ4v) is 2.15. The van der Waals surface area contributed by atoms with E-state index in [0.717, 1.165) is 11.8 Å². The van der Waals surface area contributed by atoms with Gasteiger partial charge in [-0.1, -0.05) is 57.9 Å². The lowest BCUT2D eigenvalue weighted by Gasteiger charge is -2.09. The van der Waals surface area contributed by atoms with Crippen molar-refractivity contribution in [2.45, 2.75) is 53.4 Å². The topological polar surface area (TPSA) is 0 Å². The van der Waals surface area contributed by atoms with Crippen LogP contribution in [0.4, 0.5) is 0 Å². The van der Waals surface area contributed by atoms with E-state index in [9.17, 15) is 0 Å². The number of rotatable bonds is 0. The van der Waals surface area contributed by atoms with Crippen LogP contribution < -0.4 is 0 Å². The van der Waals surface area contributed by atoms with Gasteiger partial charge in [0.1, 0.15) is 0 Å². The highest BCUT2D eigenvalue weighted by atomic mass is 14.3. The zero-order valence-corrected chi connectivity index (χ0v) is 10.8. The molecular weight excluding hydrogens is 180 g/mol. The summed E-state index contributed by atoms with van der Waals surface area (Å²) in [5.41, 5.74) is 4.55. The average molecular weight is 204 g/mol. The zero-order chi connectivity index (χ0) is 11.4. The van der Waals surface area contributed by atoms with Gasteiger partial charge in [-0.15, -0.1) is 0 Å². The Morgan fingerprint density at radius 1 is 1.20 bits per heavy atom. The first-order valence-electron chi connectivity index (χ1n) is 6.19. The molecule has 0 bridgehead atoms. The number of hydrogen-bond acceptors (Lipinski definition) is 0. The molecule has 0 aromatic heterocycles. The molecule has 0 nitrogen and oxygen atoms in total. The van der Waals surface area contributed by atoms with Crippen molar-refractivity contribution in [2.75, 3.05) is 0 Å². The van der Waals surface area contributed by atoms with E-state index in [1.54, 1.807) is 11.1 Å². The van der Waals surface area contributed by atoms with Gasteiger partial charge in [-0.3, -0.25) is 0 Å². The molecule has 0 saturated carbocycles. The molecule has 0 fully saturated rings. The second-order valence-corrected chi connectivity index (χ2v) is 4.88. The van der Waals surface area contributed by atoms with Gasteiger partial charge >= 0.3 is 0 Å². The molecule has 2 unspecified atom stereocenters. The fraction of sp³-hybridized carbons (Fsp3) is 0.600. The first-order chi connectivity index (χ1) is 7.10. The normalized spacial score (nSPS) is 23.0. The van der Waals surface area contributed by atoms with Crippen molar-refractivity contribution in [1.29, 1.82) is 0 Å². The summed E-state index contributed by atoms with van der Waals surface area (Å²) in [5, 5.41) is 0. The number of aryl methyl sites for hydroxylation is 1. The standard InChI is InChI=1S/C12H16.C3H8/c1-8-4-5-11-7-9(2)10(3)12(11)6-8;1-3-2/h4-6,9-10H,7H2,1-3H3;3H2,1-2H3. The van der Waals surface area contributed by atoms with Gasteiger partial charge in [0, 0.05) is 0 Å². The summed E-state index contributed by atoms with van der Waals surface area (Å²) in [4.78, 5) is 0. The predicted octanol–water partition coefficient (Wildman–Crippen LogP) is 4.71. The van der Waals surface area contributed by atoms with Crippen LogP contribution in [0.5, 0.6) is 0 Å². The minimum atomic E-state index is 0.764. The maximum atomic E-state index is 2.35. The molecular formula is C15H24. The first-order valence-corrected chi connectivity index (χ1v) is 6.19. The Morgan fingerprint density at radius 2 is 1.80 bits per heavy atom. The van der Waals surface area contributed by atoms with E-state index < -0.39 is 0 Å². The average Bonchev–Trinajstić information content (AvgIpc) is 2.46. The minimum Gasteiger partial charge on any atom is -0.0656 e. The van der Waals surface area contributed by atoms with Crippen LogP contribution in [0.3, 0.4) is 0 Å². The van der Waals surface area contributed by atoms with E-state index >= 15 is 0 Å². The lowest BCUT2D eigenvalue weighted by atomic mass is 9.96. The van der Waals surface area contributed by atoms with Crippen LogP contribution in [0.15, 0.2) is 18.2 Å². The molecule has 1 aromatic carbocycles. The van der Waals surface area contributed by atoms with E-state index in [1.807, 2.05) is 0 Å². The van der Waals surface area contributed by atoms with E-state index in [4.69, 9.17) is 0 Å². The quantitative estimate of drug-likeness (QED) is 0.574. The summed E-state index contributed by atoms with van der Waals surface area (Å²) in [6, 6.07) is 6.87. The first kappa shape index (κ1) is 12.3. The van der Waals surface area contributed by atoms with Gasteiger partial charge in [-0.05, 0) is 36.3 Å². The van der Waals surface area contributed by atoms with Crippen LogP contribution in [0, 0.1) is 12.8 Å². The predicted molar refractivity (Wildman–Crippen MR) is 68.4 cm³/mol. The highest BCUT2D eigenvalue weighted by Gasteiger charge is 2.24. The van der Waals surface area contributed by atoms with Gasteiger partial charge in [-0.2, -0.15) is 0 Å². The molecule has 0 heteroatoms. The molecule has 0 amide bonds. The van der Waals surface area contributed by atoms with Crippen molar-refractivity contribution in [3.05, 3.63) is 34.9 Å². The fourth-order valence-electron chi connectivity index (χ4n) is 2.15. The highest BCUT2D eigenvalue weighted by Crippen LogP contribution is 2.37. The third-order valence-corrected chi connectivity index (χ3v) is 3.19. The van der Waals surface area contributed by atoms with Gasteiger partial charge in [0.05, 0.1) is 0 Å². The summed E-state index contributed by atoms with van der Waals surface area (Å²) in [7, 11) is 0. The second kappa shape index (κ2) is 5.34. The molecule has 0 heterocycles. The minimum absolute atomic E-state index is 0.764. The Balaban J connectivity index is 0.000000337. The SMILES string of the molecule is CCC.Cc1ccc2c(c1)C(C)C(C)C2. The van der Waals surface area contributed by atoms with E-state index in [0.29, 0.717) is 0 Å². The van der Waals surface area contributed by atoms with Gasteiger partial charge in [0.25, 0.3) is 0 Å². The third kappa shape index (κ3) is 2.84. The van der Waals surface area contributed by atoms with Crippen LogP contribution in [-0.2, 0) is 6.42 Å². The molecule has 1 aromatic rings. The summed E-state index contributed by atoms with van der Waals surface area (Å²) >= 11 is 0. The van der Waals surface area contributed by atoms with Crippen LogP contribution in [0.25, 0.3) is 0 Å². The van der Waals surface area contributed by atoms with Gasteiger partial charge in [0.2, 0.25) is 0 Å². The Labute approximate surface area is 94.7 Å². The van der Waals surface area contributed by atoms with Gasteiger partial charge < -0.3 is 0 Å². The zero-order valence-electron chi connectivity index (χ0n) is 10.8. The molecule has 0 radical (unpaired) electrons. The van der Waals surface area contributed by atoms with Crippen LogP contribution in [0.2, 0.25) is 0 Å². The summed E-state index contributed by atoms with van der Waals surface area (Å²) in [5.74, 6) is 1.60. The molecule has 1 aliphatic rings. The monoisotopic (exact) mass is 204 g/mol. The van der Waals surface area contributed by atoms with E-state index in [2.05, 4.69) is 52.8 Å². The van der Waals surface area contributed by atoms with Crippen molar-refractivity contribution in [3.63, 3.8) is 0 Å². The molecule has 15 heavy (non-hydrogen) atoms. The van der Waals surface area contributed by atoms with Crippen molar-refractivity contribution in [2.24, 2.45) is 5.92 Å². The molecule has 2 rings (SSSR count). The molecule has 0 aliphatic heterocycles. The molecule has 0 N–H and O–H groups in total. The molecule has 1 aliphatic carbocycles. The van der Waals surface area contributed by atoms with E-state index in [-0.39, 0.29) is 0 Å². The van der Waals surface area contributed by atoms with Crippen molar-refractivity contribution >= 4 is 0 Å². The van der Waals surface area contributed by atoms with Crippen molar-refractivity contribution in [3.8, 4) is 0 Å². The highest BCUT2D eigenvalue weighted by molar-refractivity contribution is 5.38. The van der Waals surface area contributed by atoms with Crippen LogP contribution in [-0.4, -0.2) is 0 Å². The van der Waals surface area contributed by atoms with Crippen molar-refractivity contribution < 1.29 is 0 Å². The Morgan fingerprint density at radius 3 is 2.40 bits per heavy atom. The number of hydrogen-bond donors (Lipinski definition) is 0. The summed E-state index contributed by atoms with van der Waals surface area (Å²) in [6.07, 6.45) is 2.52. The lowest BCUT2D eigenvalue weighted by molar-refractivity contribution is 0.532.